The molecule has 0 radical (unpaired) electrons. The van der Waals surface area contributed by atoms with Crippen LogP contribution in [0, 0.1) is 13.8 Å². The maximum absolute atomic E-state index is 12.5. The van der Waals surface area contributed by atoms with Crippen molar-refractivity contribution in [3.8, 4) is 5.75 Å². The van der Waals surface area contributed by atoms with Gasteiger partial charge in [-0.1, -0.05) is 36.0 Å². The number of ketones is 1. The third-order valence-corrected chi connectivity index (χ3v) is 5.71. The quantitative estimate of drug-likeness (QED) is 0.426. The largest absolute Gasteiger partial charge is 0.484 e. The molecule has 1 aliphatic carbocycles. The zero-order valence-electron chi connectivity index (χ0n) is 16.0. The molecule has 0 N–H and O–H groups in total. The molecule has 2 aromatic carbocycles. The number of aromatic nitrogens is 2. The molecule has 0 spiro atoms. The fourth-order valence-electron chi connectivity index (χ4n) is 3.31. The Bertz CT molecular complexity index is 1010. The first-order valence-corrected chi connectivity index (χ1v) is 10.4. The topological polar surface area (TPSA) is 65.2 Å². The summed E-state index contributed by atoms with van der Waals surface area (Å²) in [7, 11) is 0. The molecule has 28 heavy (non-hydrogen) atoms. The van der Waals surface area contributed by atoms with E-state index in [1.807, 2.05) is 44.2 Å². The Morgan fingerprint density at radius 3 is 2.86 bits per heavy atom. The molecular weight excluding hydrogens is 372 g/mol. The van der Waals surface area contributed by atoms with E-state index >= 15 is 0 Å². The van der Waals surface area contributed by atoms with Crippen LogP contribution in [-0.4, -0.2) is 21.7 Å². The standard InChI is InChI=1S/C22H22N2O3S/c1-14-6-7-15(2)20(10-14)26-12-21-23-24-22(27-21)28-13-19(25)18-9-8-16-4-3-5-17(16)11-18/h6-11H,3-5,12-13H2,1-2H3. The highest BCUT2D eigenvalue weighted by atomic mass is 32.2. The Kier molecular flexibility index (Phi) is 5.48. The number of ether oxygens (including phenoxy) is 1. The van der Waals surface area contributed by atoms with E-state index in [0.717, 1.165) is 35.3 Å². The third kappa shape index (κ3) is 4.28. The van der Waals surface area contributed by atoms with Gasteiger partial charge in [0, 0.05) is 5.56 Å². The van der Waals surface area contributed by atoms with Gasteiger partial charge in [-0.15, -0.1) is 10.2 Å². The van der Waals surface area contributed by atoms with Gasteiger partial charge in [-0.2, -0.15) is 0 Å². The second-order valence-corrected chi connectivity index (χ2v) is 7.99. The predicted molar refractivity (Wildman–Crippen MR) is 108 cm³/mol. The number of carbonyl (C=O) groups excluding carboxylic acids is 1. The van der Waals surface area contributed by atoms with E-state index in [2.05, 4.69) is 16.3 Å². The SMILES string of the molecule is Cc1ccc(C)c(OCc2nnc(SCC(=O)c3ccc4c(c3)CCC4)o2)c1. The van der Waals surface area contributed by atoms with Crippen molar-refractivity contribution in [2.75, 3.05) is 5.75 Å². The molecule has 0 unspecified atom stereocenters. The maximum atomic E-state index is 12.5. The van der Waals surface area contributed by atoms with Crippen molar-refractivity contribution in [2.45, 2.75) is 44.9 Å². The summed E-state index contributed by atoms with van der Waals surface area (Å²) >= 11 is 1.26. The van der Waals surface area contributed by atoms with Crippen LogP contribution >= 0.6 is 11.8 Å². The number of fused-ring (bicyclic) bond motifs is 1. The number of rotatable bonds is 7. The first kappa shape index (κ1) is 18.7. The third-order valence-electron chi connectivity index (χ3n) is 4.89. The number of benzene rings is 2. The molecule has 5 nitrogen and oxygen atoms in total. The van der Waals surface area contributed by atoms with E-state index in [1.165, 1.54) is 29.3 Å². The Hall–Kier alpha value is -2.60. The second-order valence-electron chi connectivity index (χ2n) is 7.07. The van der Waals surface area contributed by atoms with E-state index in [1.54, 1.807) is 0 Å². The van der Waals surface area contributed by atoms with Crippen molar-refractivity contribution in [2.24, 2.45) is 0 Å². The van der Waals surface area contributed by atoms with Gasteiger partial charge in [0.05, 0.1) is 5.75 Å². The first-order valence-electron chi connectivity index (χ1n) is 9.39. The van der Waals surface area contributed by atoms with Crippen molar-refractivity contribution >= 4 is 17.5 Å². The summed E-state index contributed by atoms with van der Waals surface area (Å²) in [6.07, 6.45) is 3.36. The molecule has 0 bridgehead atoms. The van der Waals surface area contributed by atoms with Gasteiger partial charge in [-0.3, -0.25) is 4.79 Å². The number of nitrogens with zero attached hydrogens (tertiary/aromatic N) is 2. The summed E-state index contributed by atoms with van der Waals surface area (Å²) in [4.78, 5) is 12.5. The van der Waals surface area contributed by atoms with Crippen LogP contribution in [0.1, 0.15) is 44.9 Å². The Morgan fingerprint density at radius 2 is 1.96 bits per heavy atom. The summed E-state index contributed by atoms with van der Waals surface area (Å²) < 4.78 is 11.4. The highest BCUT2D eigenvalue weighted by molar-refractivity contribution is 7.99. The van der Waals surface area contributed by atoms with Crippen LogP contribution in [0.25, 0.3) is 0 Å². The van der Waals surface area contributed by atoms with Crippen molar-refractivity contribution in [1.29, 1.82) is 0 Å². The molecule has 0 atom stereocenters. The summed E-state index contributed by atoms with van der Waals surface area (Å²) in [6, 6.07) is 12.1. The average Bonchev–Trinajstić information content (AvgIpc) is 3.35. The molecule has 6 heteroatoms. The lowest BCUT2D eigenvalue weighted by atomic mass is 10.0. The summed E-state index contributed by atoms with van der Waals surface area (Å²) in [5, 5.41) is 8.40. The van der Waals surface area contributed by atoms with Gasteiger partial charge in [-0.25, -0.2) is 0 Å². The number of thioether (sulfide) groups is 1. The predicted octanol–water partition coefficient (Wildman–Crippen LogP) is 4.73. The number of aryl methyl sites for hydroxylation is 4. The van der Waals surface area contributed by atoms with Gasteiger partial charge >= 0.3 is 0 Å². The van der Waals surface area contributed by atoms with Gasteiger partial charge < -0.3 is 9.15 Å². The number of Topliss-reactive ketones (excluding diaryl/α,β-unsaturated/α-hetero) is 1. The molecule has 0 fully saturated rings. The van der Waals surface area contributed by atoms with Gasteiger partial charge in [0.1, 0.15) is 5.75 Å². The van der Waals surface area contributed by atoms with Crippen LogP contribution < -0.4 is 4.74 Å². The molecule has 1 aliphatic rings. The smallest absolute Gasteiger partial charge is 0.277 e. The molecule has 3 aromatic rings. The van der Waals surface area contributed by atoms with Crippen molar-refractivity contribution in [1.82, 2.24) is 10.2 Å². The normalized spacial score (nSPS) is 12.8. The number of hydrogen-bond acceptors (Lipinski definition) is 6. The molecular formula is C22H22N2O3S. The van der Waals surface area contributed by atoms with Gasteiger partial charge in [-0.05, 0) is 67.5 Å². The van der Waals surface area contributed by atoms with E-state index in [9.17, 15) is 4.79 Å². The Balaban J connectivity index is 1.32. The molecule has 1 aromatic heterocycles. The van der Waals surface area contributed by atoms with E-state index < -0.39 is 0 Å². The summed E-state index contributed by atoms with van der Waals surface area (Å²) in [5.74, 6) is 1.55. The van der Waals surface area contributed by atoms with Crippen molar-refractivity contribution in [3.63, 3.8) is 0 Å². The van der Waals surface area contributed by atoms with Crippen molar-refractivity contribution < 1.29 is 13.9 Å². The van der Waals surface area contributed by atoms with E-state index in [-0.39, 0.29) is 18.1 Å². The van der Waals surface area contributed by atoms with Crippen LogP contribution in [0.3, 0.4) is 0 Å². The van der Waals surface area contributed by atoms with Crippen molar-refractivity contribution in [3.05, 3.63) is 70.1 Å². The average molecular weight is 394 g/mol. The number of hydrogen-bond donors (Lipinski definition) is 0. The Morgan fingerprint density at radius 1 is 1.11 bits per heavy atom. The lowest BCUT2D eigenvalue weighted by molar-refractivity contribution is 0.102. The molecule has 144 valence electrons. The minimum absolute atomic E-state index is 0.0751. The molecule has 1 heterocycles. The summed E-state index contributed by atoms with van der Waals surface area (Å²) in [5.41, 5.74) is 5.62. The zero-order valence-corrected chi connectivity index (χ0v) is 16.8. The highest BCUT2D eigenvalue weighted by Crippen LogP contribution is 2.25. The number of carbonyl (C=O) groups is 1. The van der Waals surface area contributed by atoms with Gasteiger partial charge in [0.15, 0.2) is 12.4 Å². The van der Waals surface area contributed by atoms with E-state index in [0.29, 0.717) is 11.1 Å². The summed E-state index contributed by atoms with van der Waals surface area (Å²) in [6.45, 7) is 4.22. The van der Waals surface area contributed by atoms with Gasteiger partial charge in [0.2, 0.25) is 0 Å². The molecule has 0 amide bonds. The minimum atomic E-state index is 0.0751. The van der Waals surface area contributed by atoms with Crippen LogP contribution in [0.5, 0.6) is 5.75 Å². The Labute approximate surface area is 168 Å². The minimum Gasteiger partial charge on any atom is -0.484 e. The van der Waals surface area contributed by atoms with E-state index in [4.69, 9.17) is 9.15 Å². The fourth-order valence-corrected chi connectivity index (χ4v) is 3.99. The van der Waals surface area contributed by atoms with Crippen LogP contribution in [-0.2, 0) is 19.4 Å². The molecule has 0 saturated heterocycles. The highest BCUT2D eigenvalue weighted by Gasteiger charge is 2.16. The molecule has 0 aliphatic heterocycles. The zero-order chi connectivity index (χ0) is 19.5. The maximum Gasteiger partial charge on any atom is 0.277 e. The molecule has 4 rings (SSSR count). The van der Waals surface area contributed by atoms with Crippen LogP contribution in [0.15, 0.2) is 46.0 Å². The van der Waals surface area contributed by atoms with Crippen LogP contribution in [0.4, 0.5) is 0 Å². The fraction of sp³-hybridized carbons (Fsp3) is 0.318. The van der Waals surface area contributed by atoms with Crippen LogP contribution in [0.2, 0.25) is 0 Å². The lowest BCUT2D eigenvalue weighted by Gasteiger charge is -2.07. The lowest BCUT2D eigenvalue weighted by Crippen LogP contribution is -2.03. The second kappa shape index (κ2) is 8.19. The monoisotopic (exact) mass is 394 g/mol. The first-order chi connectivity index (χ1) is 13.6. The van der Waals surface area contributed by atoms with Gasteiger partial charge in [0.25, 0.3) is 11.1 Å². The molecule has 0 saturated carbocycles.